The summed E-state index contributed by atoms with van der Waals surface area (Å²) in [6.45, 7) is 5.76. The van der Waals surface area contributed by atoms with Crippen LogP contribution in [0.4, 0.5) is 5.69 Å². The molecule has 17 heavy (non-hydrogen) atoms. The Hall–Kier alpha value is -0.540. The molecule has 0 unspecified atom stereocenters. The molecule has 1 aromatic rings. The topological polar surface area (TPSA) is 29.3 Å². The second-order valence-corrected chi connectivity index (χ2v) is 5.83. The van der Waals surface area contributed by atoms with Crippen LogP contribution in [0, 0.1) is 5.92 Å². The minimum absolute atomic E-state index is 0.853. The number of nitrogens with zero attached hydrogens (tertiary/aromatic N) is 1. The van der Waals surface area contributed by atoms with Crippen molar-refractivity contribution in [2.24, 2.45) is 5.92 Å². The maximum absolute atomic E-state index is 5.84. The highest BCUT2D eigenvalue weighted by Crippen LogP contribution is 2.25. The van der Waals surface area contributed by atoms with Crippen molar-refractivity contribution < 1.29 is 0 Å². The van der Waals surface area contributed by atoms with Gasteiger partial charge in [0.25, 0.3) is 0 Å². The standard InChI is InChI=1S/C14H21BrN2/c1-2-11-5-7-17(8-6-11)10-12-9-13(16)3-4-14(12)15/h3-4,9,11H,2,5-8,10,16H2,1H3. The number of nitrogens with two attached hydrogens (primary N) is 1. The van der Waals surface area contributed by atoms with Crippen molar-refractivity contribution in [3.8, 4) is 0 Å². The van der Waals surface area contributed by atoms with Gasteiger partial charge in [-0.05, 0) is 55.6 Å². The average Bonchev–Trinajstić information content (AvgIpc) is 2.35. The predicted molar refractivity (Wildman–Crippen MR) is 76.8 cm³/mol. The van der Waals surface area contributed by atoms with Crippen LogP contribution in [-0.2, 0) is 6.54 Å². The van der Waals surface area contributed by atoms with E-state index in [1.165, 1.54) is 42.4 Å². The molecule has 2 rings (SSSR count). The van der Waals surface area contributed by atoms with Crippen LogP contribution in [0.25, 0.3) is 0 Å². The number of halogens is 1. The van der Waals surface area contributed by atoms with Gasteiger partial charge in [-0.15, -0.1) is 0 Å². The number of benzene rings is 1. The van der Waals surface area contributed by atoms with Crippen molar-refractivity contribution in [2.45, 2.75) is 32.7 Å². The molecule has 1 aliphatic rings. The summed E-state index contributed by atoms with van der Waals surface area (Å²) < 4.78 is 1.17. The second-order valence-electron chi connectivity index (χ2n) is 4.98. The number of hydrogen-bond donors (Lipinski definition) is 1. The molecule has 1 fully saturated rings. The van der Waals surface area contributed by atoms with Gasteiger partial charge < -0.3 is 5.73 Å². The smallest absolute Gasteiger partial charge is 0.0318 e. The molecule has 0 bridgehead atoms. The van der Waals surface area contributed by atoms with E-state index in [1.54, 1.807) is 0 Å². The fourth-order valence-corrected chi connectivity index (χ4v) is 2.88. The van der Waals surface area contributed by atoms with Gasteiger partial charge in [0.05, 0.1) is 0 Å². The van der Waals surface area contributed by atoms with Crippen molar-refractivity contribution in [2.75, 3.05) is 18.8 Å². The zero-order valence-corrected chi connectivity index (χ0v) is 12.0. The van der Waals surface area contributed by atoms with Crippen molar-refractivity contribution in [1.82, 2.24) is 4.90 Å². The highest BCUT2D eigenvalue weighted by molar-refractivity contribution is 9.10. The number of anilines is 1. The van der Waals surface area contributed by atoms with E-state index in [-0.39, 0.29) is 0 Å². The Morgan fingerprint density at radius 2 is 2.06 bits per heavy atom. The molecule has 2 nitrogen and oxygen atoms in total. The van der Waals surface area contributed by atoms with E-state index >= 15 is 0 Å². The summed E-state index contributed by atoms with van der Waals surface area (Å²) in [4.78, 5) is 2.53. The highest BCUT2D eigenvalue weighted by atomic mass is 79.9. The molecule has 1 aromatic carbocycles. The van der Waals surface area contributed by atoms with Gasteiger partial charge >= 0.3 is 0 Å². The van der Waals surface area contributed by atoms with Gasteiger partial charge in [-0.2, -0.15) is 0 Å². The van der Waals surface area contributed by atoms with E-state index < -0.39 is 0 Å². The molecule has 0 atom stereocenters. The van der Waals surface area contributed by atoms with Gasteiger partial charge in [0.2, 0.25) is 0 Å². The van der Waals surface area contributed by atoms with Crippen LogP contribution in [0.3, 0.4) is 0 Å². The van der Waals surface area contributed by atoms with Crippen LogP contribution in [0.15, 0.2) is 22.7 Å². The van der Waals surface area contributed by atoms with Gasteiger partial charge in [0, 0.05) is 16.7 Å². The third kappa shape index (κ3) is 3.46. The minimum Gasteiger partial charge on any atom is -0.399 e. The van der Waals surface area contributed by atoms with Gasteiger partial charge in [-0.3, -0.25) is 4.90 Å². The lowest BCUT2D eigenvalue weighted by Crippen LogP contribution is -2.33. The van der Waals surface area contributed by atoms with Gasteiger partial charge in [0.15, 0.2) is 0 Å². The zero-order valence-electron chi connectivity index (χ0n) is 10.5. The highest BCUT2D eigenvalue weighted by Gasteiger charge is 2.18. The van der Waals surface area contributed by atoms with Crippen molar-refractivity contribution in [1.29, 1.82) is 0 Å². The first-order valence-corrected chi connectivity index (χ1v) is 7.24. The molecule has 0 aliphatic carbocycles. The Morgan fingerprint density at radius 1 is 1.35 bits per heavy atom. The summed E-state index contributed by atoms with van der Waals surface area (Å²) in [7, 11) is 0. The second kappa shape index (κ2) is 5.87. The number of piperidine rings is 1. The Morgan fingerprint density at radius 3 is 2.71 bits per heavy atom. The average molecular weight is 297 g/mol. The fourth-order valence-electron chi connectivity index (χ4n) is 2.51. The molecular weight excluding hydrogens is 276 g/mol. The summed E-state index contributed by atoms with van der Waals surface area (Å²) in [5.74, 6) is 0.940. The van der Waals surface area contributed by atoms with Crippen LogP contribution < -0.4 is 5.73 Å². The molecular formula is C14H21BrN2. The number of likely N-dealkylation sites (tertiary alicyclic amines) is 1. The lowest BCUT2D eigenvalue weighted by molar-refractivity contribution is 0.175. The van der Waals surface area contributed by atoms with Crippen molar-refractivity contribution >= 4 is 21.6 Å². The van der Waals surface area contributed by atoms with E-state index in [0.29, 0.717) is 0 Å². The summed E-state index contributed by atoms with van der Waals surface area (Å²) >= 11 is 3.60. The van der Waals surface area contributed by atoms with E-state index in [0.717, 1.165) is 18.2 Å². The molecule has 1 heterocycles. The van der Waals surface area contributed by atoms with Crippen molar-refractivity contribution in [3.05, 3.63) is 28.2 Å². The zero-order chi connectivity index (χ0) is 12.3. The Bertz CT molecular complexity index is 370. The predicted octanol–water partition coefficient (Wildman–Crippen LogP) is 3.65. The fraction of sp³-hybridized carbons (Fsp3) is 0.571. The summed E-state index contributed by atoms with van der Waals surface area (Å²) in [5, 5.41) is 0. The Labute approximate surface area is 112 Å². The molecule has 1 saturated heterocycles. The first kappa shape index (κ1) is 12.9. The minimum atomic E-state index is 0.853. The maximum Gasteiger partial charge on any atom is 0.0318 e. The summed E-state index contributed by atoms with van der Waals surface area (Å²) in [6, 6.07) is 6.07. The SMILES string of the molecule is CCC1CCN(Cc2cc(N)ccc2Br)CC1. The van der Waals surface area contributed by atoms with E-state index in [1.807, 2.05) is 12.1 Å². The molecule has 94 valence electrons. The van der Waals surface area contributed by atoms with E-state index in [4.69, 9.17) is 5.73 Å². The quantitative estimate of drug-likeness (QED) is 0.863. The summed E-state index contributed by atoms with van der Waals surface area (Å²) in [5.41, 5.74) is 8.00. The number of rotatable bonds is 3. The van der Waals surface area contributed by atoms with Crippen LogP contribution in [0.5, 0.6) is 0 Å². The Kier molecular flexibility index (Phi) is 4.46. The lowest BCUT2D eigenvalue weighted by atomic mass is 9.94. The van der Waals surface area contributed by atoms with E-state index in [9.17, 15) is 0 Å². The first-order chi connectivity index (χ1) is 8.19. The van der Waals surface area contributed by atoms with Gasteiger partial charge in [0.1, 0.15) is 0 Å². The lowest BCUT2D eigenvalue weighted by Gasteiger charge is -2.31. The Balaban J connectivity index is 1.95. The van der Waals surface area contributed by atoms with Crippen LogP contribution >= 0.6 is 15.9 Å². The molecule has 0 amide bonds. The molecule has 0 spiro atoms. The molecule has 0 aromatic heterocycles. The van der Waals surface area contributed by atoms with E-state index in [2.05, 4.69) is 33.8 Å². The maximum atomic E-state index is 5.84. The molecule has 1 aliphatic heterocycles. The third-order valence-electron chi connectivity index (χ3n) is 3.75. The van der Waals surface area contributed by atoms with Crippen LogP contribution in [0.2, 0.25) is 0 Å². The van der Waals surface area contributed by atoms with Crippen molar-refractivity contribution in [3.63, 3.8) is 0 Å². The molecule has 3 heteroatoms. The first-order valence-electron chi connectivity index (χ1n) is 6.45. The molecule has 0 radical (unpaired) electrons. The largest absolute Gasteiger partial charge is 0.399 e. The van der Waals surface area contributed by atoms with Gasteiger partial charge in [-0.25, -0.2) is 0 Å². The van der Waals surface area contributed by atoms with Crippen LogP contribution in [-0.4, -0.2) is 18.0 Å². The monoisotopic (exact) mass is 296 g/mol. The van der Waals surface area contributed by atoms with Gasteiger partial charge in [-0.1, -0.05) is 29.3 Å². The number of hydrogen-bond acceptors (Lipinski definition) is 2. The number of nitrogen functional groups attached to an aromatic ring is 1. The third-order valence-corrected chi connectivity index (χ3v) is 4.52. The van der Waals surface area contributed by atoms with Crippen LogP contribution in [0.1, 0.15) is 31.7 Å². The normalized spacial score (nSPS) is 18.5. The summed E-state index contributed by atoms with van der Waals surface area (Å²) in [6.07, 6.45) is 4.02. The molecule has 2 N–H and O–H groups in total. The molecule has 0 saturated carbocycles.